The Balaban J connectivity index is 3.42. The normalized spacial score (nSPS) is 14.8. The average molecular weight is 373 g/mol. The summed E-state index contributed by atoms with van der Waals surface area (Å²) < 4.78 is 100. The molecule has 0 aromatic heterocycles. The molecule has 1 aromatic rings. The van der Waals surface area contributed by atoms with Crippen LogP contribution in [0.3, 0.4) is 0 Å². The number of halogens is 9. The van der Waals surface area contributed by atoms with Crippen molar-refractivity contribution >= 4 is 15.9 Å². The van der Waals surface area contributed by atoms with Gasteiger partial charge < -0.3 is 5.11 Å². The molecule has 0 heterocycles. The first-order valence-electron chi connectivity index (χ1n) is 4.82. The van der Waals surface area contributed by atoms with Gasteiger partial charge in [-0.3, -0.25) is 0 Å². The van der Waals surface area contributed by atoms with Gasteiger partial charge in [0.15, 0.2) is 5.92 Å². The van der Waals surface area contributed by atoms with Crippen LogP contribution in [-0.4, -0.2) is 17.5 Å². The molecule has 10 heteroatoms. The second kappa shape index (κ2) is 5.47. The van der Waals surface area contributed by atoms with Gasteiger partial charge in [-0.05, 0) is 28.1 Å². The maximum Gasteiger partial charge on any atom is 0.403 e. The first kappa shape index (κ1) is 17.2. The average Bonchev–Trinajstić information content (AvgIpc) is 2.19. The summed E-state index contributed by atoms with van der Waals surface area (Å²) in [7, 11) is 0. The number of hydrogen-bond donors (Lipinski definition) is 1. The van der Waals surface area contributed by atoms with E-state index >= 15 is 0 Å². The second-order valence-corrected chi connectivity index (χ2v) is 4.62. The van der Waals surface area contributed by atoms with Gasteiger partial charge in [0.25, 0.3) is 0 Å². The van der Waals surface area contributed by atoms with Gasteiger partial charge in [0, 0.05) is 0 Å². The molecule has 1 N–H and O–H groups in total. The predicted molar refractivity (Wildman–Crippen MR) is 54.6 cm³/mol. The summed E-state index contributed by atoms with van der Waals surface area (Å²) in [4.78, 5) is 0. The summed E-state index contributed by atoms with van der Waals surface area (Å²) in [6, 6.07) is 1.19. The molecule has 1 aromatic carbocycles. The molecular weight excluding hydrogens is 368 g/mol. The topological polar surface area (TPSA) is 20.2 Å². The van der Waals surface area contributed by atoms with Crippen LogP contribution in [0.15, 0.2) is 16.6 Å². The highest BCUT2D eigenvalue weighted by molar-refractivity contribution is 9.10. The van der Waals surface area contributed by atoms with Crippen molar-refractivity contribution in [2.45, 2.75) is 18.5 Å². The van der Waals surface area contributed by atoms with E-state index in [4.69, 9.17) is 0 Å². The van der Waals surface area contributed by atoms with Crippen molar-refractivity contribution in [3.63, 3.8) is 0 Å². The summed E-state index contributed by atoms with van der Waals surface area (Å²) in [5.74, 6) is -7.74. The molecule has 0 saturated heterocycles. The van der Waals surface area contributed by atoms with Crippen molar-refractivity contribution < 1.29 is 40.2 Å². The van der Waals surface area contributed by atoms with Crippen molar-refractivity contribution in [2.24, 2.45) is 5.92 Å². The lowest BCUT2D eigenvalue weighted by Gasteiger charge is -2.28. The number of rotatable bonds is 2. The second-order valence-electron chi connectivity index (χ2n) is 3.76. The van der Waals surface area contributed by atoms with E-state index in [2.05, 4.69) is 15.9 Å². The molecule has 20 heavy (non-hydrogen) atoms. The van der Waals surface area contributed by atoms with E-state index < -0.39 is 46.0 Å². The van der Waals surface area contributed by atoms with E-state index in [0.29, 0.717) is 6.07 Å². The molecule has 1 rings (SSSR count). The highest BCUT2D eigenvalue weighted by Gasteiger charge is 2.61. The van der Waals surface area contributed by atoms with Gasteiger partial charge in [0.2, 0.25) is 0 Å². The van der Waals surface area contributed by atoms with E-state index in [1.54, 1.807) is 0 Å². The van der Waals surface area contributed by atoms with E-state index in [9.17, 15) is 40.2 Å². The minimum absolute atomic E-state index is 0.440. The Kier molecular flexibility index (Phi) is 4.69. The number of aliphatic hydroxyl groups excluding tert-OH is 1. The van der Waals surface area contributed by atoms with Gasteiger partial charge in [-0.2, -0.15) is 26.3 Å². The fraction of sp³-hybridized carbons (Fsp3) is 0.400. The largest absolute Gasteiger partial charge is 0.403 e. The summed E-state index contributed by atoms with van der Waals surface area (Å²) in [5.41, 5.74) is -1.70. The minimum Gasteiger partial charge on any atom is -0.387 e. The predicted octanol–water partition coefficient (Wildman–Crippen LogP) is 4.50. The number of aliphatic hydroxyl groups is 1. The number of alkyl halides is 6. The molecule has 0 amide bonds. The van der Waals surface area contributed by atoms with Crippen LogP contribution < -0.4 is 0 Å². The Bertz CT molecular complexity index is 481. The summed E-state index contributed by atoms with van der Waals surface area (Å²) in [5, 5.41) is 9.20. The molecular formula is C10H5BrF8O. The molecule has 114 valence electrons. The third kappa shape index (κ3) is 3.40. The molecule has 0 radical (unpaired) electrons. The highest BCUT2D eigenvalue weighted by atomic mass is 79.9. The van der Waals surface area contributed by atoms with Gasteiger partial charge in [0.1, 0.15) is 17.7 Å². The van der Waals surface area contributed by atoms with Gasteiger partial charge in [-0.15, -0.1) is 0 Å². The van der Waals surface area contributed by atoms with E-state index in [1.807, 2.05) is 0 Å². The molecule has 0 fully saturated rings. The Hall–Kier alpha value is -0.900. The molecule has 1 nitrogen and oxygen atoms in total. The lowest BCUT2D eigenvalue weighted by molar-refractivity contribution is -0.308. The van der Waals surface area contributed by atoms with Crippen molar-refractivity contribution in [2.75, 3.05) is 0 Å². The van der Waals surface area contributed by atoms with Crippen molar-refractivity contribution in [3.8, 4) is 0 Å². The SMILES string of the molecule is OC(c1c(F)ccc(Br)c1F)C(C(F)(F)F)C(F)(F)F. The fourth-order valence-corrected chi connectivity index (χ4v) is 1.87. The summed E-state index contributed by atoms with van der Waals surface area (Å²) in [6.07, 6.45) is -15.3. The maximum absolute atomic E-state index is 13.5. The summed E-state index contributed by atoms with van der Waals surface area (Å²) in [6.45, 7) is 0. The maximum atomic E-state index is 13.5. The van der Waals surface area contributed by atoms with E-state index in [-0.39, 0.29) is 0 Å². The Labute approximate surface area is 115 Å². The third-order valence-corrected chi connectivity index (χ3v) is 3.01. The zero-order chi connectivity index (χ0) is 15.9. The molecule has 0 aliphatic carbocycles. The van der Waals surface area contributed by atoms with E-state index in [0.717, 1.165) is 6.07 Å². The first-order chi connectivity index (χ1) is 8.87. The highest BCUT2D eigenvalue weighted by Crippen LogP contribution is 2.47. The zero-order valence-corrected chi connectivity index (χ0v) is 10.7. The molecule has 1 atom stereocenters. The molecule has 1 unspecified atom stereocenters. The molecule has 0 aliphatic rings. The molecule has 0 saturated carbocycles. The van der Waals surface area contributed by atoms with Crippen molar-refractivity contribution in [3.05, 3.63) is 33.8 Å². The quantitative estimate of drug-likeness (QED) is 0.598. The minimum atomic E-state index is -5.92. The van der Waals surface area contributed by atoms with Crippen LogP contribution in [0.4, 0.5) is 35.1 Å². The lowest BCUT2D eigenvalue weighted by Crippen LogP contribution is -2.41. The standard InChI is InChI=1S/C10H5BrF8O/c11-3-1-2-4(12)5(6(3)13)7(20)8(9(14,15)16)10(17,18)19/h1-2,7-8,20H. The van der Waals surface area contributed by atoms with Gasteiger partial charge in [-0.1, -0.05) is 0 Å². The van der Waals surface area contributed by atoms with Crippen molar-refractivity contribution in [1.29, 1.82) is 0 Å². The van der Waals surface area contributed by atoms with Crippen LogP contribution in [0.1, 0.15) is 11.7 Å². The third-order valence-electron chi connectivity index (χ3n) is 2.40. The van der Waals surface area contributed by atoms with Crippen LogP contribution in [-0.2, 0) is 0 Å². The fourth-order valence-electron chi connectivity index (χ4n) is 1.52. The smallest absolute Gasteiger partial charge is 0.387 e. The Morgan fingerprint density at radius 1 is 0.950 bits per heavy atom. The Morgan fingerprint density at radius 3 is 1.80 bits per heavy atom. The van der Waals surface area contributed by atoms with Crippen LogP contribution in [0.5, 0.6) is 0 Å². The lowest BCUT2D eigenvalue weighted by atomic mass is 9.93. The molecule has 0 aliphatic heterocycles. The van der Waals surface area contributed by atoms with Crippen LogP contribution >= 0.6 is 15.9 Å². The van der Waals surface area contributed by atoms with Gasteiger partial charge >= 0.3 is 12.4 Å². The molecule has 0 bridgehead atoms. The van der Waals surface area contributed by atoms with Crippen LogP contribution in [0.2, 0.25) is 0 Å². The van der Waals surface area contributed by atoms with Crippen LogP contribution in [0, 0.1) is 17.6 Å². The monoisotopic (exact) mass is 372 g/mol. The summed E-state index contributed by atoms with van der Waals surface area (Å²) >= 11 is 2.48. The van der Waals surface area contributed by atoms with Gasteiger partial charge in [-0.25, -0.2) is 8.78 Å². The Morgan fingerprint density at radius 2 is 1.40 bits per heavy atom. The van der Waals surface area contributed by atoms with Crippen molar-refractivity contribution in [1.82, 2.24) is 0 Å². The number of hydrogen-bond acceptors (Lipinski definition) is 1. The zero-order valence-electron chi connectivity index (χ0n) is 9.16. The van der Waals surface area contributed by atoms with Gasteiger partial charge in [0.05, 0.1) is 10.0 Å². The first-order valence-corrected chi connectivity index (χ1v) is 5.61. The van der Waals surface area contributed by atoms with Crippen LogP contribution in [0.25, 0.3) is 0 Å². The number of benzene rings is 1. The van der Waals surface area contributed by atoms with E-state index in [1.165, 1.54) is 0 Å². The molecule has 0 spiro atoms.